The third kappa shape index (κ3) is 21.3. The Hall–Kier alpha value is -5.00. The molecule has 0 bridgehead atoms. The van der Waals surface area contributed by atoms with Crippen LogP contribution in [0, 0.1) is 5.41 Å². The fraction of sp³-hybridized carbons (Fsp3) is 0.657. The SMILES string of the molecule is CC(C)(COP(=O)(O)OP(=O)(O)OC[C@H]1O[C@@H](n2cnc3c(N)ncnc32)[C@H](OP(=O)(O)O)[C@@H]1O)C(O)C(=O)NCCC(=O)NCCSCCC(=O)N[C@@H](CO)C(=O)NCC(=O)N[C@@H](CCCN=C(N)N)C(N)=O. The van der Waals surface area contributed by atoms with Crippen molar-refractivity contribution in [1.82, 2.24) is 46.1 Å². The van der Waals surface area contributed by atoms with Gasteiger partial charge in [-0.2, -0.15) is 16.1 Å². The van der Waals surface area contributed by atoms with Crippen molar-refractivity contribution < 1.29 is 100.0 Å². The maximum absolute atomic E-state index is 12.7. The number of rotatable bonds is 33. The number of hydrogen-bond acceptors (Lipinski definition) is 23. The Balaban J connectivity index is 1.33. The first-order valence-corrected chi connectivity index (χ1v) is 27.4. The number of aromatic nitrogens is 4. The predicted molar refractivity (Wildman–Crippen MR) is 255 cm³/mol. The summed E-state index contributed by atoms with van der Waals surface area (Å²) in [5.74, 6) is -4.27. The van der Waals surface area contributed by atoms with E-state index in [4.69, 9.17) is 41.2 Å². The highest BCUT2D eigenvalue weighted by molar-refractivity contribution is 7.99. The Labute approximate surface area is 424 Å². The lowest BCUT2D eigenvalue weighted by atomic mass is 9.87. The number of nitrogen functional groups attached to an aromatic ring is 1. The number of ether oxygens (including phenoxy) is 1. The molecule has 35 nitrogen and oxygen atoms in total. The van der Waals surface area contributed by atoms with Crippen LogP contribution in [0.1, 0.15) is 45.8 Å². The lowest BCUT2D eigenvalue weighted by Gasteiger charge is -2.30. The fourth-order valence-electron chi connectivity index (χ4n) is 6.23. The van der Waals surface area contributed by atoms with Gasteiger partial charge in [0.05, 0.1) is 32.7 Å². The molecule has 3 unspecified atom stereocenters. The number of anilines is 1. The van der Waals surface area contributed by atoms with Crippen molar-refractivity contribution in [2.24, 2.45) is 27.6 Å². The van der Waals surface area contributed by atoms with Gasteiger partial charge in [-0.05, 0) is 12.8 Å². The normalized spacial score (nSPS) is 19.7. The summed E-state index contributed by atoms with van der Waals surface area (Å²) in [6, 6.07) is -2.46. The maximum atomic E-state index is 12.7. The van der Waals surface area contributed by atoms with E-state index in [0.717, 1.165) is 17.2 Å². The second kappa shape index (κ2) is 28.8. The first-order valence-electron chi connectivity index (χ1n) is 21.7. The van der Waals surface area contributed by atoms with Gasteiger partial charge in [0, 0.05) is 49.4 Å². The molecule has 3 heterocycles. The molecule has 3 rings (SSSR count). The van der Waals surface area contributed by atoms with E-state index in [1.807, 2.05) is 0 Å². The Morgan fingerprint density at radius 1 is 0.892 bits per heavy atom. The molecule has 2 aromatic heterocycles. The van der Waals surface area contributed by atoms with Crippen molar-refractivity contribution >= 4 is 93.6 Å². The number of carbonyl (C=O) groups is 6. The highest BCUT2D eigenvalue weighted by Gasteiger charge is 2.50. The van der Waals surface area contributed by atoms with Crippen LogP contribution in [0.15, 0.2) is 17.6 Å². The zero-order chi connectivity index (χ0) is 55.6. The molecule has 0 radical (unpaired) electrons. The molecule has 0 spiro atoms. The summed E-state index contributed by atoms with van der Waals surface area (Å²) in [7, 11) is -16.4. The van der Waals surface area contributed by atoms with Crippen molar-refractivity contribution in [1.29, 1.82) is 0 Å². The average molecular weight is 1140 g/mol. The zero-order valence-electron chi connectivity index (χ0n) is 39.5. The number of amides is 6. The van der Waals surface area contributed by atoms with Crippen LogP contribution in [-0.4, -0.2) is 190 Å². The van der Waals surface area contributed by atoms with Crippen LogP contribution in [0.25, 0.3) is 11.2 Å². The topological polar surface area (TPSA) is 562 Å². The van der Waals surface area contributed by atoms with Crippen LogP contribution < -0.4 is 49.5 Å². The highest BCUT2D eigenvalue weighted by atomic mass is 32.2. The summed E-state index contributed by atoms with van der Waals surface area (Å²) in [5.41, 5.74) is 19.9. The van der Waals surface area contributed by atoms with Gasteiger partial charge in [0.15, 0.2) is 23.7 Å². The number of hydrogen-bond donors (Lipinski definition) is 16. The summed E-state index contributed by atoms with van der Waals surface area (Å²) in [6.45, 7) is -0.954. The van der Waals surface area contributed by atoms with Gasteiger partial charge in [0.25, 0.3) is 0 Å². The fourth-order valence-corrected chi connectivity index (χ4v) is 9.81. The molecule has 0 aromatic carbocycles. The summed E-state index contributed by atoms with van der Waals surface area (Å²) < 4.78 is 62.3. The Morgan fingerprint density at radius 3 is 2.22 bits per heavy atom. The number of imidazole rings is 1. The van der Waals surface area contributed by atoms with Crippen LogP contribution in [0.4, 0.5) is 5.82 Å². The van der Waals surface area contributed by atoms with Crippen LogP contribution in [0.3, 0.4) is 0 Å². The number of aliphatic hydroxyl groups is 3. The Kier molecular flexibility index (Phi) is 24.6. The molecule has 2 aromatic rings. The number of aliphatic hydroxyl groups excluding tert-OH is 3. The van der Waals surface area contributed by atoms with E-state index in [1.165, 1.54) is 25.6 Å². The van der Waals surface area contributed by atoms with Gasteiger partial charge in [-0.15, -0.1) is 0 Å². The standard InChI is InChI=1S/C35H61N14O21P3S/c1-35(2,15-67-73(64,65)70-72(62,63)66-14-20-25(54)26(69-71(59,60)61)33(68-20)49-17-46-24-28(36)44-16-45-30(24)49)27(55)32(58)41-8-5-21(51)40-9-11-74-10-6-22(52)48-19(13-50)31(57)43-12-23(53)47-18(29(37)56)4-3-7-42-34(38)39/h16-20,25-27,33,50,54-55H,3-15H2,1-2H3,(H2,37,56)(H,40,51)(H,41,58)(H,43,57)(H,47,53)(H,48,52)(H,62,63)(H,64,65)(H2,36,44,45)(H4,38,39,42)(H2,59,60,61)/t18-,19-,20+,25+,26+,27?,33+/m0/s1. The largest absolute Gasteiger partial charge is 0.481 e. The molecule has 1 saturated heterocycles. The number of guanidine groups is 1. The van der Waals surface area contributed by atoms with E-state index >= 15 is 0 Å². The summed E-state index contributed by atoms with van der Waals surface area (Å²) >= 11 is 1.26. The second-order valence-electron chi connectivity index (χ2n) is 16.4. The predicted octanol–water partition coefficient (Wildman–Crippen LogP) is -5.85. The molecule has 0 aliphatic carbocycles. The minimum Gasteiger partial charge on any atom is -0.394 e. The number of nitrogens with two attached hydrogens (primary N) is 4. The monoisotopic (exact) mass is 1140 g/mol. The number of phosphoric ester groups is 3. The van der Waals surface area contributed by atoms with Gasteiger partial charge in [-0.3, -0.25) is 51.9 Å². The number of aliphatic imine (C=N–C) groups is 1. The maximum Gasteiger partial charge on any atom is 0.481 e. The average Bonchev–Trinajstić information content (AvgIpc) is 3.87. The second-order valence-corrected chi connectivity index (χ2v) is 21.9. The van der Waals surface area contributed by atoms with Crippen LogP contribution in [0.2, 0.25) is 0 Å². The van der Waals surface area contributed by atoms with Gasteiger partial charge in [-0.25, -0.2) is 28.6 Å². The number of thioether (sulfide) groups is 1. The van der Waals surface area contributed by atoms with Crippen LogP contribution in [0.5, 0.6) is 0 Å². The van der Waals surface area contributed by atoms with Crippen molar-refractivity contribution in [3.63, 3.8) is 0 Å². The third-order valence-corrected chi connectivity index (χ3v) is 14.1. The van der Waals surface area contributed by atoms with E-state index in [0.29, 0.717) is 12.2 Å². The molecule has 74 heavy (non-hydrogen) atoms. The lowest BCUT2D eigenvalue weighted by Crippen LogP contribution is -2.52. The molecule has 1 fully saturated rings. The van der Waals surface area contributed by atoms with E-state index < -0.39 is 133 Å². The van der Waals surface area contributed by atoms with Gasteiger partial charge in [0.1, 0.15) is 48.3 Å². The van der Waals surface area contributed by atoms with E-state index in [-0.39, 0.29) is 67.6 Å². The minimum atomic E-state index is -5.59. The molecular formula is C35H61N14O21P3S. The highest BCUT2D eigenvalue weighted by Crippen LogP contribution is 2.61. The molecule has 39 heteroatoms. The molecule has 6 amide bonds. The molecule has 1 aliphatic heterocycles. The molecule has 1 aliphatic rings. The number of primary amides is 1. The number of nitrogens with one attached hydrogen (secondary N) is 5. The quantitative estimate of drug-likeness (QED) is 0.0137. The van der Waals surface area contributed by atoms with Gasteiger partial charge < -0.3 is 89.1 Å². The molecule has 9 atom stereocenters. The van der Waals surface area contributed by atoms with E-state index in [1.54, 1.807) is 0 Å². The number of phosphoric acid groups is 3. The van der Waals surface area contributed by atoms with Crippen molar-refractivity contribution in [3.8, 4) is 0 Å². The summed E-state index contributed by atoms with van der Waals surface area (Å²) in [4.78, 5) is 129. The van der Waals surface area contributed by atoms with Crippen LogP contribution >= 0.6 is 35.2 Å². The van der Waals surface area contributed by atoms with Crippen LogP contribution in [-0.2, 0) is 65.1 Å². The molecular weight excluding hydrogens is 1080 g/mol. The van der Waals surface area contributed by atoms with Gasteiger partial charge in [-0.1, -0.05) is 13.8 Å². The number of carbonyl (C=O) groups excluding carboxylic acids is 6. The van der Waals surface area contributed by atoms with Crippen molar-refractivity contribution in [2.45, 2.75) is 82.3 Å². The first-order chi connectivity index (χ1) is 34.5. The smallest absolute Gasteiger partial charge is 0.394 e. The van der Waals surface area contributed by atoms with Crippen molar-refractivity contribution in [2.75, 3.05) is 63.2 Å². The van der Waals surface area contributed by atoms with E-state index in [2.05, 4.69) is 50.8 Å². The first kappa shape index (κ1) is 63.3. The van der Waals surface area contributed by atoms with Gasteiger partial charge in [0.2, 0.25) is 35.4 Å². The van der Waals surface area contributed by atoms with Gasteiger partial charge >= 0.3 is 23.5 Å². The van der Waals surface area contributed by atoms with Crippen molar-refractivity contribution in [3.05, 3.63) is 12.7 Å². The zero-order valence-corrected chi connectivity index (χ0v) is 43.0. The molecule has 0 saturated carbocycles. The molecule has 20 N–H and O–H groups in total. The third-order valence-electron chi connectivity index (χ3n) is 10.0. The number of nitrogens with zero attached hydrogens (tertiary/aromatic N) is 5. The number of fused-ring (bicyclic) bond motifs is 1. The Bertz CT molecular complexity index is 2450. The summed E-state index contributed by atoms with van der Waals surface area (Å²) in [5, 5.41) is 42.9. The molecule has 418 valence electrons. The minimum absolute atomic E-state index is 0.0235. The Morgan fingerprint density at radius 2 is 1.57 bits per heavy atom. The summed E-state index contributed by atoms with van der Waals surface area (Å²) in [6.07, 6.45) is -6.92. The lowest BCUT2D eigenvalue weighted by molar-refractivity contribution is -0.137. The van der Waals surface area contributed by atoms with E-state index in [9.17, 15) is 77.4 Å².